The summed E-state index contributed by atoms with van der Waals surface area (Å²) in [6.45, 7) is 16.3. The van der Waals surface area contributed by atoms with Crippen molar-refractivity contribution in [3.63, 3.8) is 0 Å². The summed E-state index contributed by atoms with van der Waals surface area (Å²) >= 11 is 1.80. The van der Waals surface area contributed by atoms with Crippen LogP contribution in [0, 0.1) is 0 Å². The van der Waals surface area contributed by atoms with Gasteiger partial charge < -0.3 is 4.74 Å². The van der Waals surface area contributed by atoms with Gasteiger partial charge in [-0.25, -0.2) is 4.79 Å². The first-order valence-electron chi connectivity index (χ1n) is 10.7. The molecule has 0 bridgehead atoms. The number of carbonyl (C=O) groups is 1. The summed E-state index contributed by atoms with van der Waals surface area (Å²) in [6.07, 6.45) is 2.44. The first kappa shape index (κ1) is 22.0. The van der Waals surface area contributed by atoms with Crippen LogP contribution in [0.5, 0.6) is 0 Å². The van der Waals surface area contributed by atoms with E-state index in [2.05, 4.69) is 53.7 Å². The molecule has 2 nitrogen and oxygen atoms in total. The summed E-state index contributed by atoms with van der Waals surface area (Å²) in [5.41, 5.74) is 5.44. The quantitative estimate of drug-likeness (QED) is 0.478. The summed E-state index contributed by atoms with van der Waals surface area (Å²) in [5, 5.41) is 0. The standard InChI is InChI=1S/C26H34O2S/c1-8-28-24(27)18-9-11-19(12-10-18)29-23-16-22-21(15-20(23)17(2)3)25(4,5)13-14-26(22,6)7/h9-12,15-17H,8,13-14H2,1-7H3. The second kappa shape index (κ2) is 8.18. The smallest absolute Gasteiger partial charge is 0.338 e. The van der Waals surface area contributed by atoms with Gasteiger partial charge in [-0.2, -0.15) is 0 Å². The maximum absolute atomic E-state index is 11.9. The van der Waals surface area contributed by atoms with Gasteiger partial charge in [0, 0.05) is 9.79 Å². The van der Waals surface area contributed by atoms with E-state index in [4.69, 9.17) is 4.74 Å². The Balaban J connectivity index is 2.00. The Morgan fingerprint density at radius 3 is 2.07 bits per heavy atom. The Labute approximate surface area is 180 Å². The lowest BCUT2D eigenvalue weighted by molar-refractivity contribution is 0.0526. The molecule has 156 valence electrons. The number of hydrogen-bond acceptors (Lipinski definition) is 3. The molecule has 3 rings (SSSR count). The second-order valence-electron chi connectivity index (χ2n) is 9.70. The van der Waals surface area contributed by atoms with Gasteiger partial charge in [-0.15, -0.1) is 0 Å². The minimum atomic E-state index is -0.260. The van der Waals surface area contributed by atoms with Crippen LogP contribution in [-0.4, -0.2) is 12.6 Å². The molecule has 1 aliphatic carbocycles. The van der Waals surface area contributed by atoms with Gasteiger partial charge in [0.15, 0.2) is 0 Å². The van der Waals surface area contributed by atoms with Crippen LogP contribution in [-0.2, 0) is 15.6 Å². The van der Waals surface area contributed by atoms with Crippen molar-refractivity contribution in [1.82, 2.24) is 0 Å². The molecule has 0 aliphatic heterocycles. The third-order valence-electron chi connectivity index (χ3n) is 6.20. The van der Waals surface area contributed by atoms with Crippen LogP contribution in [0.2, 0.25) is 0 Å². The molecule has 0 atom stereocenters. The van der Waals surface area contributed by atoms with Crippen molar-refractivity contribution < 1.29 is 9.53 Å². The average molecular weight is 411 g/mol. The number of hydrogen-bond donors (Lipinski definition) is 0. The summed E-state index contributed by atoms with van der Waals surface area (Å²) in [4.78, 5) is 14.4. The van der Waals surface area contributed by atoms with Crippen molar-refractivity contribution >= 4 is 17.7 Å². The molecule has 0 spiro atoms. The summed E-state index contributed by atoms with van der Waals surface area (Å²) < 4.78 is 5.10. The van der Waals surface area contributed by atoms with Crippen LogP contribution >= 0.6 is 11.8 Å². The molecule has 0 unspecified atom stereocenters. The fraction of sp³-hybridized carbons (Fsp3) is 0.500. The van der Waals surface area contributed by atoms with E-state index in [-0.39, 0.29) is 16.8 Å². The van der Waals surface area contributed by atoms with E-state index in [0.717, 1.165) is 4.90 Å². The van der Waals surface area contributed by atoms with Crippen molar-refractivity contribution in [2.24, 2.45) is 0 Å². The van der Waals surface area contributed by atoms with E-state index in [1.807, 2.05) is 31.2 Å². The maximum Gasteiger partial charge on any atom is 0.338 e. The van der Waals surface area contributed by atoms with Crippen molar-refractivity contribution in [3.05, 3.63) is 58.7 Å². The first-order valence-corrected chi connectivity index (χ1v) is 11.5. The van der Waals surface area contributed by atoms with Crippen LogP contribution in [0.1, 0.15) is 94.3 Å². The topological polar surface area (TPSA) is 26.3 Å². The molecule has 3 heteroatoms. The normalized spacial score (nSPS) is 17.1. The highest BCUT2D eigenvalue weighted by Crippen LogP contribution is 2.49. The van der Waals surface area contributed by atoms with Crippen molar-refractivity contribution in [3.8, 4) is 0 Å². The van der Waals surface area contributed by atoms with Gasteiger partial charge in [0.1, 0.15) is 0 Å². The molecular weight excluding hydrogens is 376 g/mol. The fourth-order valence-electron chi connectivity index (χ4n) is 4.15. The van der Waals surface area contributed by atoms with Gasteiger partial charge in [-0.1, -0.05) is 59.4 Å². The van der Waals surface area contributed by atoms with Crippen LogP contribution in [0.3, 0.4) is 0 Å². The zero-order valence-corrected chi connectivity index (χ0v) is 19.7. The minimum Gasteiger partial charge on any atom is -0.462 e. The molecule has 2 aromatic carbocycles. The average Bonchev–Trinajstić information content (AvgIpc) is 2.66. The number of ether oxygens (including phenoxy) is 1. The highest BCUT2D eigenvalue weighted by atomic mass is 32.2. The first-order chi connectivity index (χ1) is 13.5. The van der Waals surface area contributed by atoms with E-state index in [1.54, 1.807) is 11.8 Å². The number of benzene rings is 2. The lowest BCUT2D eigenvalue weighted by Crippen LogP contribution is -2.34. The van der Waals surface area contributed by atoms with Gasteiger partial charge in [0.05, 0.1) is 12.2 Å². The highest BCUT2D eigenvalue weighted by Gasteiger charge is 2.37. The van der Waals surface area contributed by atoms with Crippen molar-refractivity contribution in [2.75, 3.05) is 6.61 Å². The SMILES string of the molecule is CCOC(=O)c1ccc(Sc2cc3c(cc2C(C)C)C(C)(C)CCC3(C)C)cc1. The van der Waals surface area contributed by atoms with Gasteiger partial charge in [0.2, 0.25) is 0 Å². The largest absolute Gasteiger partial charge is 0.462 e. The van der Waals surface area contributed by atoms with Crippen LogP contribution in [0.4, 0.5) is 0 Å². The van der Waals surface area contributed by atoms with Gasteiger partial charge >= 0.3 is 5.97 Å². The Morgan fingerprint density at radius 2 is 1.55 bits per heavy atom. The summed E-state index contributed by atoms with van der Waals surface area (Å²) in [7, 11) is 0. The predicted octanol–water partition coefficient (Wildman–Crippen LogP) is 7.49. The molecular formula is C26H34O2S. The predicted molar refractivity (Wildman–Crippen MR) is 122 cm³/mol. The van der Waals surface area contributed by atoms with E-state index < -0.39 is 0 Å². The Morgan fingerprint density at radius 1 is 1.00 bits per heavy atom. The Bertz CT molecular complexity index is 892. The molecule has 0 fully saturated rings. The Kier molecular flexibility index (Phi) is 6.19. The maximum atomic E-state index is 11.9. The van der Waals surface area contributed by atoms with Crippen LogP contribution < -0.4 is 0 Å². The number of esters is 1. The van der Waals surface area contributed by atoms with E-state index in [9.17, 15) is 4.79 Å². The minimum absolute atomic E-state index is 0.198. The lowest BCUT2D eigenvalue weighted by Gasteiger charge is -2.42. The molecule has 1 aliphatic rings. The summed E-state index contributed by atoms with van der Waals surface area (Å²) in [6, 6.07) is 12.7. The number of fused-ring (bicyclic) bond motifs is 1. The van der Waals surface area contributed by atoms with Gasteiger partial charge in [-0.05, 0) is 83.5 Å². The zero-order chi connectivity index (χ0) is 21.4. The molecule has 29 heavy (non-hydrogen) atoms. The highest BCUT2D eigenvalue weighted by molar-refractivity contribution is 7.99. The molecule has 0 N–H and O–H groups in total. The molecule has 0 saturated carbocycles. The van der Waals surface area contributed by atoms with Crippen LogP contribution in [0.15, 0.2) is 46.2 Å². The molecule has 0 saturated heterocycles. The van der Waals surface area contributed by atoms with E-state index in [0.29, 0.717) is 18.1 Å². The fourth-order valence-corrected chi connectivity index (χ4v) is 5.27. The van der Waals surface area contributed by atoms with Crippen molar-refractivity contribution in [2.45, 2.75) is 87.8 Å². The monoisotopic (exact) mass is 410 g/mol. The van der Waals surface area contributed by atoms with Crippen LogP contribution in [0.25, 0.3) is 0 Å². The van der Waals surface area contributed by atoms with Gasteiger partial charge in [0.25, 0.3) is 0 Å². The van der Waals surface area contributed by atoms with E-state index >= 15 is 0 Å². The molecule has 0 aromatic heterocycles. The van der Waals surface area contributed by atoms with Gasteiger partial charge in [-0.3, -0.25) is 0 Å². The molecule has 0 radical (unpaired) electrons. The molecule has 0 amide bonds. The third kappa shape index (κ3) is 4.55. The lowest BCUT2D eigenvalue weighted by atomic mass is 9.62. The third-order valence-corrected chi connectivity index (χ3v) is 7.28. The molecule has 0 heterocycles. The number of rotatable bonds is 5. The second-order valence-corrected chi connectivity index (χ2v) is 10.8. The molecule has 2 aromatic rings. The summed E-state index contributed by atoms with van der Waals surface area (Å²) in [5.74, 6) is 0.201. The zero-order valence-electron chi connectivity index (χ0n) is 18.9. The number of carbonyl (C=O) groups excluding carboxylic acids is 1. The Hall–Kier alpha value is -1.74. The van der Waals surface area contributed by atoms with E-state index in [1.165, 1.54) is 34.4 Å². The van der Waals surface area contributed by atoms with Crippen molar-refractivity contribution in [1.29, 1.82) is 0 Å².